The molecule has 0 saturated heterocycles. The first-order valence-corrected chi connectivity index (χ1v) is 42.7. The summed E-state index contributed by atoms with van der Waals surface area (Å²) in [6, 6.07) is 0. The molecule has 5 atom stereocenters. The average Bonchev–Trinajstić information content (AvgIpc) is 0.931. The molecule has 0 radical (unpaired) electrons. The Hall–Kier alpha value is -5.32. The second-order valence-corrected chi connectivity index (χ2v) is 28.8. The Labute approximate surface area is 629 Å². The molecule has 0 amide bonds. The molecule has 0 fully saturated rings. The summed E-state index contributed by atoms with van der Waals surface area (Å²) in [5.41, 5.74) is 0. The van der Waals surface area contributed by atoms with Gasteiger partial charge in [-0.1, -0.05) is 269 Å². The lowest BCUT2D eigenvalue weighted by atomic mass is 10.1. The van der Waals surface area contributed by atoms with Crippen LogP contribution in [0.2, 0.25) is 0 Å². The molecule has 104 heavy (non-hydrogen) atoms. The first-order valence-electron chi connectivity index (χ1n) is 39.7. The molecule has 19 heteroatoms. The molecule has 0 aliphatic carbocycles. The Balaban J connectivity index is 5.40. The highest BCUT2D eigenvalue weighted by Crippen LogP contribution is 2.45. The first-order chi connectivity index (χ1) is 50.7. The molecular formula is C85H140O17P2. The van der Waals surface area contributed by atoms with Gasteiger partial charge in [0.2, 0.25) is 0 Å². The molecule has 592 valence electrons. The van der Waals surface area contributed by atoms with Crippen LogP contribution in [0.25, 0.3) is 0 Å². The van der Waals surface area contributed by atoms with E-state index in [1.807, 2.05) is 0 Å². The molecule has 0 bridgehead atoms. The Bertz CT molecular complexity index is 2590. The van der Waals surface area contributed by atoms with E-state index < -0.39 is 97.5 Å². The lowest BCUT2D eigenvalue weighted by Gasteiger charge is -2.21. The van der Waals surface area contributed by atoms with Gasteiger partial charge in [-0.05, 0) is 161 Å². The van der Waals surface area contributed by atoms with Crippen molar-refractivity contribution in [3.8, 4) is 0 Å². The van der Waals surface area contributed by atoms with E-state index in [2.05, 4.69) is 186 Å². The Morgan fingerprint density at radius 1 is 0.279 bits per heavy atom. The van der Waals surface area contributed by atoms with E-state index in [1.165, 1.54) is 12.8 Å². The van der Waals surface area contributed by atoms with Crippen molar-refractivity contribution in [1.29, 1.82) is 0 Å². The second kappa shape index (κ2) is 75.9. The zero-order valence-electron chi connectivity index (χ0n) is 64.6. The predicted octanol–water partition coefficient (Wildman–Crippen LogP) is 23.2. The number of unbranched alkanes of at least 4 members (excludes halogenated alkanes) is 21. The van der Waals surface area contributed by atoms with E-state index in [0.29, 0.717) is 25.7 Å². The number of hydrogen-bond donors (Lipinski definition) is 3. The van der Waals surface area contributed by atoms with Crippen molar-refractivity contribution in [2.45, 2.75) is 316 Å². The molecule has 0 aliphatic rings. The molecule has 0 saturated carbocycles. The van der Waals surface area contributed by atoms with Gasteiger partial charge in [-0.25, -0.2) is 9.13 Å². The zero-order valence-corrected chi connectivity index (χ0v) is 66.4. The fraction of sp³-hybridized carbons (Fsp3) is 0.647. The van der Waals surface area contributed by atoms with Crippen LogP contribution in [0.5, 0.6) is 0 Å². The molecule has 3 N–H and O–H groups in total. The Kier molecular flexibility index (Phi) is 72.0. The molecule has 0 aromatic rings. The summed E-state index contributed by atoms with van der Waals surface area (Å²) in [5, 5.41) is 10.6. The standard InChI is InChI=1S/C85H140O17P2/c1-5-9-13-17-21-25-29-32-35-38-39-42-44-47-51-54-58-62-66-70-83(88)96-76-81(102-85(90)72-68-64-60-56-52-48-45-41-37-34-31-27-23-19-15-11-7-3)78-100-104(93,94)98-74-79(86)73-97-103(91,92)99-77-80(101-84(89)71-67-63-59-55-49-28-24-20-16-12-8-4)75-95-82(87)69-65-61-57-53-50-46-43-40-36-33-30-26-22-18-14-10-6-2/h9-11,13-15,20-27,32-37,39,42-43,45-46,48,79-81,86H,5-8,12,16-19,28-31,38,40-41,44,47,49-78H2,1-4H3,(H,91,92)(H,93,94)/b13-9-,14-10-,15-11-,24-20-,25-21-,26-22-,27-23-,35-32-,36-33-,37-34-,42-39-,46-43-,48-45-. The van der Waals surface area contributed by atoms with Gasteiger partial charge in [-0.15, -0.1) is 0 Å². The third-order valence-corrected chi connectivity index (χ3v) is 17.9. The van der Waals surface area contributed by atoms with Crippen molar-refractivity contribution in [3.63, 3.8) is 0 Å². The summed E-state index contributed by atoms with van der Waals surface area (Å²) in [4.78, 5) is 73.0. The molecule has 0 aromatic carbocycles. The largest absolute Gasteiger partial charge is 0.472 e. The van der Waals surface area contributed by atoms with Gasteiger partial charge >= 0.3 is 39.5 Å². The van der Waals surface area contributed by atoms with Crippen molar-refractivity contribution in [1.82, 2.24) is 0 Å². The van der Waals surface area contributed by atoms with Crippen molar-refractivity contribution < 1.29 is 80.2 Å². The number of aliphatic hydroxyl groups excluding tert-OH is 1. The molecule has 0 heterocycles. The van der Waals surface area contributed by atoms with Gasteiger partial charge in [-0.3, -0.25) is 37.3 Å². The predicted molar refractivity (Wildman–Crippen MR) is 427 cm³/mol. The lowest BCUT2D eigenvalue weighted by molar-refractivity contribution is -0.161. The summed E-state index contributed by atoms with van der Waals surface area (Å²) in [5.74, 6) is -2.26. The van der Waals surface area contributed by atoms with E-state index in [-0.39, 0.29) is 25.7 Å². The fourth-order valence-corrected chi connectivity index (χ4v) is 11.6. The van der Waals surface area contributed by atoms with Crippen LogP contribution in [0.4, 0.5) is 0 Å². The SMILES string of the molecule is CC/C=C\C/C=C\C/C=C\C/C=C\CCCCCCCCC(=O)OCC(COP(=O)(O)OCC(O)COP(=O)(O)OCC(COC(=O)CCCCCC/C=C\C/C=C\C/C=C\C/C=C\CC)OC(=O)CCCCCCC/C=C\CCCC)OC(=O)CCCCCC/C=C\C/C=C\C/C=C\C/C=C\CC. The molecule has 17 nitrogen and oxygen atoms in total. The van der Waals surface area contributed by atoms with Gasteiger partial charge in [0, 0.05) is 25.7 Å². The lowest BCUT2D eigenvalue weighted by Crippen LogP contribution is -2.30. The van der Waals surface area contributed by atoms with Gasteiger partial charge in [0.15, 0.2) is 12.2 Å². The van der Waals surface area contributed by atoms with Crippen LogP contribution in [0.1, 0.15) is 297 Å². The second-order valence-electron chi connectivity index (χ2n) is 25.9. The van der Waals surface area contributed by atoms with Crippen LogP contribution in [-0.4, -0.2) is 96.7 Å². The highest BCUT2D eigenvalue weighted by atomic mass is 31.2. The number of phosphoric ester groups is 2. The third-order valence-electron chi connectivity index (χ3n) is 16.0. The van der Waals surface area contributed by atoms with E-state index in [4.69, 9.17) is 37.0 Å². The minimum Gasteiger partial charge on any atom is -0.462 e. The Morgan fingerprint density at radius 2 is 0.500 bits per heavy atom. The smallest absolute Gasteiger partial charge is 0.462 e. The molecule has 0 aromatic heterocycles. The number of carbonyl (C=O) groups is 4. The van der Waals surface area contributed by atoms with E-state index >= 15 is 0 Å². The minimum atomic E-state index is -5.00. The van der Waals surface area contributed by atoms with Gasteiger partial charge in [-0.2, -0.15) is 0 Å². The molecule has 5 unspecified atom stereocenters. The zero-order chi connectivity index (χ0) is 76.0. The van der Waals surface area contributed by atoms with E-state index in [9.17, 15) is 43.2 Å². The quantitative estimate of drug-likeness (QED) is 0.0169. The highest BCUT2D eigenvalue weighted by Gasteiger charge is 2.30. The van der Waals surface area contributed by atoms with Crippen LogP contribution in [0, 0.1) is 0 Å². The van der Waals surface area contributed by atoms with Crippen LogP contribution in [0.3, 0.4) is 0 Å². The van der Waals surface area contributed by atoms with Crippen LogP contribution >= 0.6 is 15.6 Å². The summed E-state index contributed by atoms with van der Waals surface area (Å²) in [7, 11) is -9.99. The maximum absolute atomic E-state index is 13.1. The fourth-order valence-electron chi connectivity index (χ4n) is 10.00. The van der Waals surface area contributed by atoms with Gasteiger partial charge in [0.05, 0.1) is 26.4 Å². The number of ether oxygens (including phenoxy) is 4. The summed E-state index contributed by atoms with van der Waals surface area (Å²) in [6.45, 7) is 4.41. The topological polar surface area (TPSA) is 237 Å². The van der Waals surface area contributed by atoms with E-state index in [0.717, 1.165) is 205 Å². The van der Waals surface area contributed by atoms with Gasteiger partial charge < -0.3 is 33.8 Å². The molecule has 0 rings (SSSR count). The number of allylic oxidation sites excluding steroid dienone is 26. The van der Waals surface area contributed by atoms with Crippen molar-refractivity contribution in [2.75, 3.05) is 39.6 Å². The number of phosphoric acid groups is 2. The minimum absolute atomic E-state index is 0.0579. The number of carbonyl (C=O) groups excluding carboxylic acids is 4. The summed E-state index contributed by atoms with van der Waals surface area (Å²) in [6.07, 6.45) is 88.0. The van der Waals surface area contributed by atoms with Crippen LogP contribution in [-0.2, 0) is 65.4 Å². The van der Waals surface area contributed by atoms with E-state index in [1.54, 1.807) is 0 Å². The molecule has 0 spiro atoms. The average molecular weight is 1500 g/mol. The number of aliphatic hydroxyl groups is 1. The Morgan fingerprint density at radius 3 is 0.779 bits per heavy atom. The van der Waals surface area contributed by atoms with Crippen LogP contribution in [0.15, 0.2) is 158 Å². The first kappa shape index (κ1) is 98.7. The third kappa shape index (κ3) is 74.9. The monoisotopic (exact) mass is 1490 g/mol. The number of rotatable bonds is 73. The molecule has 0 aliphatic heterocycles. The normalized spacial score (nSPS) is 14.7. The van der Waals surface area contributed by atoms with Crippen molar-refractivity contribution >= 4 is 39.5 Å². The van der Waals surface area contributed by atoms with Crippen LogP contribution < -0.4 is 0 Å². The van der Waals surface area contributed by atoms with Crippen molar-refractivity contribution in [2.24, 2.45) is 0 Å². The van der Waals surface area contributed by atoms with Gasteiger partial charge in [0.25, 0.3) is 0 Å². The maximum Gasteiger partial charge on any atom is 0.472 e. The number of esters is 4. The van der Waals surface area contributed by atoms with Gasteiger partial charge in [0.1, 0.15) is 19.3 Å². The summed E-state index contributed by atoms with van der Waals surface area (Å²) >= 11 is 0. The number of hydrogen-bond acceptors (Lipinski definition) is 15. The maximum atomic E-state index is 13.1. The summed E-state index contributed by atoms with van der Waals surface area (Å²) < 4.78 is 68.5. The highest BCUT2D eigenvalue weighted by molar-refractivity contribution is 7.47. The van der Waals surface area contributed by atoms with Crippen molar-refractivity contribution in [3.05, 3.63) is 158 Å². The molecular weight excluding hydrogens is 1350 g/mol.